The van der Waals surface area contributed by atoms with Crippen molar-refractivity contribution in [1.82, 2.24) is 14.7 Å². The summed E-state index contributed by atoms with van der Waals surface area (Å²) in [6.07, 6.45) is 4.71. The van der Waals surface area contributed by atoms with E-state index in [4.69, 9.17) is 5.10 Å². The largest absolute Gasteiger partial charge is 0.337 e. The number of carbonyl (C=O) groups is 1. The average molecular weight is 309 g/mol. The van der Waals surface area contributed by atoms with E-state index in [1.54, 1.807) is 0 Å². The van der Waals surface area contributed by atoms with Crippen LogP contribution in [0.25, 0.3) is 5.69 Å². The first-order valence-electron chi connectivity index (χ1n) is 8.67. The molecule has 1 aliphatic carbocycles. The van der Waals surface area contributed by atoms with E-state index in [1.807, 2.05) is 46.0 Å². The Morgan fingerprint density at radius 1 is 1.17 bits per heavy atom. The Labute approximate surface area is 137 Å². The summed E-state index contributed by atoms with van der Waals surface area (Å²) >= 11 is 0. The fourth-order valence-corrected chi connectivity index (χ4v) is 3.43. The van der Waals surface area contributed by atoms with Crippen LogP contribution in [0.4, 0.5) is 0 Å². The molecule has 1 atom stereocenters. The zero-order valence-electron chi connectivity index (χ0n) is 13.6. The highest BCUT2D eigenvalue weighted by Crippen LogP contribution is 2.40. The molecular formula is C19H23N3O. The Hall–Kier alpha value is -2.10. The number of hydrogen-bond donors (Lipinski definition) is 0. The molecule has 0 radical (unpaired) electrons. The summed E-state index contributed by atoms with van der Waals surface area (Å²) in [6, 6.07) is 12.0. The summed E-state index contributed by atoms with van der Waals surface area (Å²) in [5.41, 5.74) is 2.75. The minimum atomic E-state index is 0.125. The molecule has 2 aromatic rings. The fraction of sp³-hybridized carbons (Fsp3) is 0.474. The molecule has 1 saturated heterocycles. The van der Waals surface area contributed by atoms with Crippen molar-refractivity contribution in [3.63, 3.8) is 0 Å². The molecule has 4 heteroatoms. The highest BCUT2D eigenvalue weighted by atomic mass is 16.2. The summed E-state index contributed by atoms with van der Waals surface area (Å²) < 4.78 is 1.84. The molecule has 0 unspecified atom stereocenters. The lowest BCUT2D eigenvalue weighted by atomic mass is 10.00. The smallest absolute Gasteiger partial charge is 0.272 e. The Bertz CT molecular complexity index is 703. The van der Waals surface area contributed by atoms with Gasteiger partial charge in [0.2, 0.25) is 0 Å². The van der Waals surface area contributed by atoms with Gasteiger partial charge in [-0.1, -0.05) is 25.1 Å². The van der Waals surface area contributed by atoms with E-state index in [0.717, 1.165) is 30.9 Å². The van der Waals surface area contributed by atoms with Crippen LogP contribution >= 0.6 is 0 Å². The number of carbonyl (C=O) groups excluding carboxylic acids is 1. The highest BCUT2D eigenvalue weighted by molar-refractivity contribution is 5.93. The zero-order chi connectivity index (χ0) is 15.8. The summed E-state index contributed by atoms with van der Waals surface area (Å²) in [5, 5.41) is 4.75. The third kappa shape index (κ3) is 2.90. The molecule has 2 fully saturated rings. The molecule has 1 aromatic heterocycles. The molecule has 1 aromatic carbocycles. The normalized spacial score (nSPS) is 21.4. The van der Waals surface area contributed by atoms with Crippen LogP contribution in [0.1, 0.15) is 54.7 Å². The molecule has 1 saturated carbocycles. The molecule has 4 nitrogen and oxygen atoms in total. The third-order valence-electron chi connectivity index (χ3n) is 4.89. The van der Waals surface area contributed by atoms with E-state index in [9.17, 15) is 4.79 Å². The van der Waals surface area contributed by atoms with Crippen LogP contribution in [-0.2, 0) is 0 Å². The van der Waals surface area contributed by atoms with Gasteiger partial charge in [0.05, 0.1) is 11.4 Å². The van der Waals surface area contributed by atoms with Gasteiger partial charge in [-0.05, 0) is 49.8 Å². The number of benzene rings is 1. The van der Waals surface area contributed by atoms with Gasteiger partial charge in [0, 0.05) is 19.0 Å². The first-order valence-corrected chi connectivity index (χ1v) is 8.67. The van der Waals surface area contributed by atoms with Gasteiger partial charge < -0.3 is 4.90 Å². The van der Waals surface area contributed by atoms with Crippen molar-refractivity contribution in [2.75, 3.05) is 13.1 Å². The molecule has 23 heavy (non-hydrogen) atoms. The molecule has 0 bridgehead atoms. The van der Waals surface area contributed by atoms with Gasteiger partial charge in [-0.2, -0.15) is 5.10 Å². The van der Waals surface area contributed by atoms with E-state index in [1.165, 1.54) is 19.3 Å². The molecular weight excluding hydrogens is 286 g/mol. The number of aromatic nitrogens is 2. The molecule has 1 aliphatic heterocycles. The second-order valence-corrected chi connectivity index (χ2v) is 6.97. The second-order valence-electron chi connectivity index (χ2n) is 6.97. The number of hydrogen-bond acceptors (Lipinski definition) is 2. The molecule has 1 amide bonds. The first kappa shape index (κ1) is 14.5. The van der Waals surface area contributed by atoms with Crippen molar-refractivity contribution < 1.29 is 4.79 Å². The van der Waals surface area contributed by atoms with Crippen molar-refractivity contribution in [1.29, 1.82) is 0 Å². The van der Waals surface area contributed by atoms with E-state index in [-0.39, 0.29) is 5.91 Å². The second kappa shape index (κ2) is 5.84. The SMILES string of the molecule is C[C@H]1CCCN(C(=O)c2cc(C3CC3)nn2-c2ccccc2)C1. The Morgan fingerprint density at radius 2 is 1.96 bits per heavy atom. The minimum absolute atomic E-state index is 0.125. The van der Waals surface area contributed by atoms with Gasteiger partial charge in [0.1, 0.15) is 5.69 Å². The summed E-state index contributed by atoms with van der Waals surface area (Å²) in [4.78, 5) is 15.1. The van der Waals surface area contributed by atoms with Gasteiger partial charge in [-0.3, -0.25) is 4.79 Å². The van der Waals surface area contributed by atoms with Crippen LogP contribution in [0, 0.1) is 5.92 Å². The van der Waals surface area contributed by atoms with E-state index < -0.39 is 0 Å². The maximum atomic E-state index is 13.1. The molecule has 2 aliphatic rings. The number of piperidine rings is 1. The Morgan fingerprint density at radius 3 is 2.65 bits per heavy atom. The first-order chi connectivity index (χ1) is 11.2. The molecule has 0 spiro atoms. The van der Waals surface area contributed by atoms with Gasteiger partial charge in [-0.25, -0.2) is 4.68 Å². The van der Waals surface area contributed by atoms with Gasteiger partial charge >= 0.3 is 0 Å². The van der Waals surface area contributed by atoms with Crippen molar-refractivity contribution in [2.24, 2.45) is 5.92 Å². The van der Waals surface area contributed by atoms with Crippen molar-refractivity contribution >= 4 is 5.91 Å². The lowest BCUT2D eigenvalue weighted by molar-refractivity contribution is 0.0674. The van der Waals surface area contributed by atoms with Gasteiger partial charge in [0.25, 0.3) is 5.91 Å². The maximum absolute atomic E-state index is 13.1. The number of nitrogens with zero attached hydrogens (tertiary/aromatic N) is 3. The number of likely N-dealkylation sites (tertiary alicyclic amines) is 1. The maximum Gasteiger partial charge on any atom is 0.272 e. The molecule has 0 N–H and O–H groups in total. The third-order valence-corrected chi connectivity index (χ3v) is 4.89. The fourth-order valence-electron chi connectivity index (χ4n) is 3.43. The van der Waals surface area contributed by atoms with Crippen molar-refractivity contribution in [2.45, 2.75) is 38.5 Å². The van der Waals surface area contributed by atoms with Crippen LogP contribution in [0.15, 0.2) is 36.4 Å². The Kier molecular flexibility index (Phi) is 3.68. The van der Waals surface area contributed by atoms with Crippen LogP contribution in [-0.4, -0.2) is 33.7 Å². The summed E-state index contributed by atoms with van der Waals surface area (Å²) in [7, 11) is 0. The number of rotatable bonds is 3. The minimum Gasteiger partial charge on any atom is -0.337 e. The van der Waals surface area contributed by atoms with Crippen LogP contribution in [0.2, 0.25) is 0 Å². The van der Waals surface area contributed by atoms with Crippen molar-refractivity contribution in [3.05, 3.63) is 47.8 Å². The standard InChI is InChI=1S/C19H23N3O/c1-14-6-5-11-21(13-14)19(23)18-12-17(15-9-10-15)20-22(18)16-7-3-2-4-8-16/h2-4,7-8,12,14-15H,5-6,9-11,13H2,1H3/t14-/m0/s1. The van der Waals surface area contributed by atoms with Gasteiger partial charge in [-0.15, -0.1) is 0 Å². The summed E-state index contributed by atoms with van der Waals surface area (Å²) in [6.45, 7) is 3.95. The zero-order valence-corrected chi connectivity index (χ0v) is 13.6. The van der Waals surface area contributed by atoms with E-state index in [2.05, 4.69) is 6.92 Å². The molecule has 120 valence electrons. The quantitative estimate of drug-likeness (QED) is 0.868. The molecule has 2 heterocycles. The summed E-state index contributed by atoms with van der Waals surface area (Å²) in [5.74, 6) is 1.26. The molecule has 4 rings (SSSR count). The van der Waals surface area contributed by atoms with Crippen molar-refractivity contribution in [3.8, 4) is 5.69 Å². The topological polar surface area (TPSA) is 38.1 Å². The highest BCUT2D eigenvalue weighted by Gasteiger charge is 2.31. The lowest BCUT2D eigenvalue weighted by Crippen LogP contribution is -2.39. The monoisotopic (exact) mass is 309 g/mol. The predicted octanol–water partition coefficient (Wildman–Crippen LogP) is 3.62. The van der Waals surface area contributed by atoms with Crippen LogP contribution < -0.4 is 0 Å². The van der Waals surface area contributed by atoms with E-state index >= 15 is 0 Å². The number of para-hydroxylation sites is 1. The van der Waals surface area contributed by atoms with E-state index in [0.29, 0.717) is 17.5 Å². The Balaban J connectivity index is 1.70. The lowest BCUT2D eigenvalue weighted by Gasteiger charge is -2.30. The van der Waals surface area contributed by atoms with Crippen LogP contribution in [0.5, 0.6) is 0 Å². The average Bonchev–Trinajstić information content (AvgIpc) is 3.34. The van der Waals surface area contributed by atoms with Gasteiger partial charge in [0.15, 0.2) is 0 Å². The van der Waals surface area contributed by atoms with Crippen LogP contribution in [0.3, 0.4) is 0 Å². The predicted molar refractivity (Wildman–Crippen MR) is 89.8 cm³/mol. The number of amides is 1.